The van der Waals surface area contributed by atoms with E-state index < -0.39 is 105 Å². The lowest BCUT2D eigenvalue weighted by Crippen LogP contribution is -2.67. The van der Waals surface area contributed by atoms with Crippen molar-refractivity contribution in [3.63, 3.8) is 0 Å². The van der Waals surface area contributed by atoms with Crippen molar-refractivity contribution in [1.29, 1.82) is 0 Å². The molecule has 14 unspecified atom stereocenters. The summed E-state index contributed by atoms with van der Waals surface area (Å²) in [6.45, 7) is 6.95. The Hall–Kier alpha value is -1.67. The quantitative estimate of drug-likeness (QED) is 0.0719. The van der Waals surface area contributed by atoms with Gasteiger partial charge in [0.15, 0.2) is 12.6 Å². The molecule has 48 heavy (non-hydrogen) atoms. The molecule has 0 amide bonds. The van der Waals surface area contributed by atoms with Crippen LogP contribution in [0.3, 0.4) is 0 Å². The first-order chi connectivity index (χ1) is 22.7. The molecule has 0 spiro atoms. The highest BCUT2D eigenvalue weighted by atomic mass is 16.7. The number of allylic oxidation sites excluding steroid dienone is 6. The molecule has 15 nitrogen and oxygen atoms in total. The van der Waals surface area contributed by atoms with E-state index in [1.807, 2.05) is 6.92 Å². The van der Waals surface area contributed by atoms with Crippen LogP contribution in [0.4, 0.5) is 0 Å². The third kappa shape index (κ3) is 10.7. The predicted octanol–water partition coefficient (Wildman–Crippen LogP) is -1.73. The lowest BCUT2D eigenvalue weighted by Gasteiger charge is -2.48. The van der Waals surface area contributed by atoms with Crippen LogP contribution in [0, 0.1) is 0 Å². The lowest BCUT2D eigenvalue weighted by molar-refractivity contribution is -0.335. The highest BCUT2D eigenvalue weighted by Gasteiger charge is 2.52. The van der Waals surface area contributed by atoms with E-state index in [0.717, 1.165) is 31.3 Å². The summed E-state index contributed by atoms with van der Waals surface area (Å²) >= 11 is 0. The van der Waals surface area contributed by atoms with E-state index in [0.29, 0.717) is 0 Å². The van der Waals surface area contributed by atoms with Gasteiger partial charge in [-0.1, -0.05) is 28.9 Å². The maximum atomic E-state index is 11.3. The second-order valence-electron chi connectivity index (χ2n) is 13.4. The van der Waals surface area contributed by atoms with Crippen LogP contribution in [-0.4, -0.2) is 152 Å². The Morgan fingerprint density at radius 1 is 0.688 bits per heavy atom. The monoisotopic (exact) mass is 687 g/mol. The van der Waals surface area contributed by atoms with Gasteiger partial charge in [0, 0.05) is 18.3 Å². The van der Waals surface area contributed by atoms with Crippen LogP contribution in [0.25, 0.3) is 0 Å². The molecule has 15 heteroatoms. The number of hydrogen-bond donors (Lipinski definition) is 10. The molecule has 0 aromatic carbocycles. The third-order valence-electron chi connectivity index (χ3n) is 9.08. The van der Waals surface area contributed by atoms with Crippen LogP contribution in [0.15, 0.2) is 39.9 Å². The van der Waals surface area contributed by atoms with Gasteiger partial charge in [0.05, 0.1) is 13.2 Å². The Balaban J connectivity index is 1.67. The fourth-order valence-electron chi connectivity index (χ4n) is 6.07. The number of nitrogens with two attached hydrogens (primary N) is 2. The van der Waals surface area contributed by atoms with Crippen LogP contribution in [0.5, 0.6) is 0 Å². The van der Waals surface area contributed by atoms with Gasteiger partial charge in [-0.25, -0.2) is 0 Å². The Kier molecular flexibility index (Phi) is 16.2. The van der Waals surface area contributed by atoms with Gasteiger partial charge in [-0.3, -0.25) is 4.99 Å². The molecular weight excluding hydrogens is 630 g/mol. The summed E-state index contributed by atoms with van der Waals surface area (Å²) in [6.07, 6.45) is -6.10. The lowest BCUT2D eigenvalue weighted by atomic mass is 9.84. The number of ether oxygens (including phenoxy) is 4. The summed E-state index contributed by atoms with van der Waals surface area (Å²) < 4.78 is 22.8. The van der Waals surface area contributed by atoms with E-state index in [-0.39, 0.29) is 6.42 Å². The highest BCUT2D eigenvalue weighted by Crippen LogP contribution is 2.32. The average Bonchev–Trinajstić information content (AvgIpc) is 3.03. The Morgan fingerprint density at radius 2 is 1.21 bits per heavy atom. The second kappa shape index (κ2) is 19.1. The third-order valence-corrected chi connectivity index (χ3v) is 9.08. The van der Waals surface area contributed by atoms with Crippen molar-refractivity contribution >= 4 is 6.21 Å². The predicted molar refractivity (Wildman–Crippen MR) is 176 cm³/mol. The normalized spacial score (nSPS) is 41.5. The van der Waals surface area contributed by atoms with E-state index in [1.165, 1.54) is 17.4 Å². The van der Waals surface area contributed by atoms with Crippen LogP contribution in [0.1, 0.15) is 59.8 Å². The zero-order valence-electron chi connectivity index (χ0n) is 28.2. The van der Waals surface area contributed by atoms with E-state index in [2.05, 4.69) is 37.9 Å². The zero-order chi connectivity index (χ0) is 35.7. The molecule has 1 saturated carbocycles. The van der Waals surface area contributed by atoms with Crippen molar-refractivity contribution in [2.45, 2.75) is 152 Å². The fourth-order valence-corrected chi connectivity index (χ4v) is 6.07. The molecule has 0 bridgehead atoms. The standard InChI is InChI=1S/C33H57N3O12/c1-16(2)7-5-8-17(3)9-6-10-18(4)11-12-36-23-24(39)21(14-37)45-32(26(23)41)47-30-19(34)13-20(35)31(29(30)44)48-33-28(43)27(42)25(40)22(15-38)46-33/h7,9,11-12,19-33,37-44H,5-6,8,10,13-15,34-35H2,1-4H3/b17-9+,18-11+,36-12?/t19?,20?,21?,22?,23?,24?,25?,26?,27?,28?,29?,30?,31-,32?,33?/m0/s1. The SMILES string of the molecule is CC(C)=CCC/C(C)=C/CC/C(C)=C/C=NC1C(O)C(CO)OC(OC2C(N)CC(N)[C@H](OC3OC(CO)C(O)C(O)C3O)C2O)C1O. The first-order valence-corrected chi connectivity index (χ1v) is 16.6. The second-order valence-corrected chi connectivity index (χ2v) is 13.4. The Bertz CT molecular complexity index is 1120. The number of aliphatic hydroxyl groups is 8. The maximum absolute atomic E-state index is 11.3. The average molecular weight is 688 g/mol. The van der Waals surface area contributed by atoms with Gasteiger partial charge < -0.3 is 71.3 Å². The summed E-state index contributed by atoms with van der Waals surface area (Å²) in [4.78, 5) is 4.36. The molecule has 3 fully saturated rings. The Morgan fingerprint density at radius 3 is 1.77 bits per heavy atom. The van der Waals surface area contributed by atoms with Gasteiger partial charge in [-0.05, 0) is 65.9 Å². The van der Waals surface area contributed by atoms with Gasteiger partial charge >= 0.3 is 0 Å². The van der Waals surface area contributed by atoms with Crippen molar-refractivity contribution < 1.29 is 59.8 Å². The van der Waals surface area contributed by atoms with Gasteiger partial charge in [-0.15, -0.1) is 0 Å². The molecule has 15 atom stereocenters. The fraction of sp³-hybridized carbons (Fsp3) is 0.788. The molecule has 2 saturated heterocycles. The van der Waals surface area contributed by atoms with Crippen molar-refractivity contribution in [3.8, 4) is 0 Å². The van der Waals surface area contributed by atoms with Crippen LogP contribution < -0.4 is 11.5 Å². The van der Waals surface area contributed by atoms with Crippen molar-refractivity contribution in [1.82, 2.24) is 0 Å². The highest BCUT2D eigenvalue weighted by molar-refractivity contribution is 5.72. The topological polar surface area (TPSA) is 263 Å². The zero-order valence-corrected chi connectivity index (χ0v) is 28.2. The van der Waals surface area contributed by atoms with Crippen LogP contribution in [0.2, 0.25) is 0 Å². The van der Waals surface area contributed by atoms with Gasteiger partial charge in [-0.2, -0.15) is 0 Å². The summed E-state index contributed by atoms with van der Waals surface area (Å²) in [5.41, 5.74) is 16.2. The minimum absolute atomic E-state index is 0.0501. The smallest absolute Gasteiger partial charge is 0.187 e. The van der Waals surface area contributed by atoms with Crippen molar-refractivity contribution in [2.24, 2.45) is 16.5 Å². The molecule has 0 aromatic rings. The molecule has 2 heterocycles. The first kappa shape index (κ1) is 40.8. The maximum Gasteiger partial charge on any atom is 0.187 e. The van der Waals surface area contributed by atoms with E-state index >= 15 is 0 Å². The van der Waals surface area contributed by atoms with E-state index in [1.54, 1.807) is 6.08 Å². The molecule has 2 aliphatic heterocycles. The number of nitrogens with zero attached hydrogens (tertiary/aromatic N) is 1. The summed E-state index contributed by atoms with van der Waals surface area (Å²) in [5, 5.41) is 83.3. The number of aliphatic imine (C=N–C) groups is 1. The summed E-state index contributed by atoms with van der Waals surface area (Å²) in [7, 11) is 0. The summed E-state index contributed by atoms with van der Waals surface area (Å²) in [5.74, 6) is 0. The molecule has 1 aliphatic carbocycles. The van der Waals surface area contributed by atoms with Gasteiger partial charge in [0.25, 0.3) is 0 Å². The largest absolute Gasteiger partial charge is 0.394 e. The van der Waals surface area contributed by atoms with Gasteiger partial charge in [0.1, 0.15) is 67.1 Å². The minimum atomic E-state index is -1.73. The molecule has 0 aromatic heterocycles. The van der Waals surface area contributed by atoms with Crippen molar-refractivity contribution in [2.75, 3.05) is 13.2 Å². The number of hydrogen-bond acceptors (Lipinski definition) is 15. The molecular formula is C33H57N3O12. The Labute approximate surface area is 282 Å². The molecule has 3 rings (SSSR count). The van der Waals surface area contributed by atoms with Crippen LogP contribution >= 0.6 is 0 Å². The van der Waals surface area contributed by atoms with E-state index in [9.17, 15) is 40.9 Å². The summed E-state index contributed by atoms with van der Waals surface area (Å²) in [6, 6.07) is -2.92. The van der Waals surface area contributed by atoms with Crippen molar-refractivity contribution in [3.05, 3.63) is 34.9 Å². The molecule has 12 N–H and O–H groups in total. The molecule has 3 aliphatic rings. The molecule has 0 radical (unpaired) electrons. The number of aliphatic hydroxyl groups excluding tert-OH is 8. The minimum Gasteiger partial charge on any atom is -0.394 e. The van der Waals surface area contributed by atoms with Crippen LogP contribution in [-0.2, 0) is 18.9 Å². The number of rotatable bonds is 14. The van der Waals surface area contributed by atoms with Gasteiger partial charge in [0.2, 0.25) is 0 Å². The first-order valence-electron chi connectivity index (χ1n) is 16.6. The molecule has 276 valence electrons. The van der Waals surface area contributed by atoms with E-state index in [4.69, 9.17) is 30.4 Å².